The lowest BCUT2D eigenvalue weighted by molar-refractivity contribution is -0.0739. The smallest absolute Gasteiger partial charge is 0.355 e. The summed E-state index contributed by atoms with van der Waals surface area (Å²) in [6.45, 7) is 2.64. The van der Waals surface area contributed by atoms with Gasteiger partial charge in [-0.2, -0.15) is 5.10 Å². The molecule has 47 heavy (non-hydrogen) atoms. The molecule has 5 rings (SSSR count). The van der Waals surface area contributed by atoms with Gasteiger partial charge >= 0.3 is 5.97 Å². The number of alkyl halides is 2. The van der Waals surface area contributed by atoms with Crippen molar-refractivity contribution in [1.29, 1.82) is 0 Å². The van der Waals surface area contributed by atoms with E-state index >= 15 is 0 Å². The molecule has 0 amide bonds. The molecule has 2 aromatic heterocycles. The van der Waals surface area contributed by atoms with Crippen LogP contribution in [0.1, 0.15) is 54.1 Å². The van der Waals surface area contributed by atoms with Gasteiger partial charge in [-0.15, -0.1) is 0 Å². The summed E-state index contributed by atoms with van der Waals surface area (Å²) in [5.41, 5.74) is 4.31. The number of aromatic amines is 1. The van der Waals surface area contributed by atoms with Crippen LogP contribution in [0, 0.1) is 5.82 Å². The van der Waals surface area contributed by atoms with Crippen molar-refractivity contribution in [1.82, 2.24) is 14.8 Å². The topological polar surface area (TPSA) is 98.6 Å². The van der Waals surface area contributed by atoms with E-state index in [-0.39, 0.29) is 25.6 Å². The number of carbonyl (C=O) groups excluding carboxylic acids is 1. The average Bonchev–Trinajstić information content (AvgIpc) is 3.57. The van der Waals surface area contributed by atoms with Crippen LogP contribution < -0.4 is 4.74 Å². The van der Waals surface area contributed by atoms with Crippen LogP contribution in [0.5, 0.6) is 5.75 Å². The first-order valence-electron chi connectivity index (χ1n) is 15.5. The van der Waals surface area contributed by atoms with E-state index in [0.717, 1.165) is 27.4 Å². The standard InChI is InChI=1S/C35H37ClF3N3O5/c1-4-28-31(27(41-42(28)3)19-45-17-15-35(38,39)20-43)30-26(36)14-13-25-24(33(40-32(25)30)34(44)46-5-2)9-7-16-47-29-10-6-8-21-18-22(37)11-12-23(21)29/h6,8,10-14,18,40,43H,4-5,7,9,15-17,19-20H2,1-3H3. The van der Waals surface area contributed by atoms with Gasteiger partial charge in [0.2, 0.25) is 0 Å². The zero-order valence-electron chi connectivity index (χ0n) is 26.5. The third-order valence-electron chi connectivity index (χ3n) is 8.05. The van der Waals surface area contributed by atoms with Crippen molar-refractivity contribution in [2.45, 2.75) is 52.1 Å². The van der Waals surface area contributed by atoms with E-state index in [2.05, 4.69) is 10.1 Å². The van der Waals surface area contributed by atoms with Crippen molar-refractivity contribution in [2.75, 3.05) is 26.4 Å². The molecule has 0 atom stereocenters. The summed E-state index contributed by atoms with van der Waals surface area (Å²) < 4.78 is 59.7. The quantitative estimate of drug-likeness (QED) is 0.0871. The Labute approximate surface area is 275 Å². The van der Waals surface area contributed by atoms with E-state index < -0.39 is 24.9 Å². The summed E-state index contributed by atoms with van der Waals surface area (Å²) in [6, 6.07) is 13.6. The lowest BCUT2D eigenvalue weighted by Crippen LogP contribution is -2.23. The zero-order chi connectivity index (χ0) is 33.7. The average molecular weight is 672 g/mol. The molecule has 0 saturated carbocycles. The monoisotopic (exact) mass is 671 g/mol. The van der Waals surface area contributed by atoms with Crippen molar-refractivity contribution in [3.8, 4) is 16.9 Å². The second kappa shape index (κ2) is 14.8. The molecular formula is C35H37ClF3N3O5. The Morgan fingerprint density at radius 2 is 1.87 bits per heavy atom. The fourth-order valence-corrected chi connectivity index (χ4v) is 6.09. The molecule has 3 aromatic carbocycles. The largest absolute Gasteiger partial charge is 0.493 e. The minimum absolute atomic E-state index is 0.0617. The molecule has 2 N–H and O–H groups in total. The fraction of sp³-hybridized carbons (Fsp3) is 0.371. The number of rotatable bonds is 15. The summed E-state index contributed by atoms with van der Waals surface area (Å²) in [5.74, 6) is -3.42. The molecule has 0 radical (unpaired) electrons. The Hall–Kier alpha value is -4.06. The van der Waals surface area contributed by atoms with E-state index in [1.807, 2.05) is 31.2 Å². The molecule has 250 valence electrons. The number of hydrogen-bond acceptors (Lipinski definition) is 6. The maximum atomic E-state index is 13.7. The Balaban J connectivity index is 1.47. The first-order chi connectivity index (χ1) is 22.6. The van der Waals surface area contributed by atoms with Gasteiger partial charge in [0.05, 0.1) is 42.7 Å². The van der Waals surface area contributed by atoms with Crippen molar-refractivity contribution in [2.24, 2.45) is 7.05 Å². The third kappa shape index (κ3) is 7.42. The van der Waals surface area contributed by atoms with Crippen LogP contribution in [0.4, 0.5) is 13.2 Å². The summed E-state index contributed by atoms with van der Waals surface area (Å²) in [6.07, 6.45) is 0.982. The number of aliphatic hydroxyl groups is 1. The number of halogens is 4. The van der Waals surface area contributed by atoms with E-state index in [4.69, 9.17) is 30.9 Å². The number of carbonyl (C=O) groups is 1. The molecule has 2 heterocycles. The Morgan fingerprint density at radius 3 is 2.62 bits per heavy atom. The van der Waals surface area contributed by atoms with Gasteiger partial charge < -0.3 is 24.3 Å². The van der Waals surface area contributed by atoms with Crippen molar-refractivity contribution >= 4 is 39.2 Å². The lowest BCUT2D eigenvalue weighted by atomic mass is 9.97. The molecule has 0 aliphatic carbocycles. The van der Waals surface area contributed by atoms with Gasteiger partial charge in [-0.25, -0.2) is 18.0 Å². The minimum Gasteiger partial charge on any atom is -0.493 e. The minimum atomic E-state index is -3.24. The first kappa shape index (κ1) is 34.3. The van der Waals surface area contributed by atoms with Crippen LogP contribution in [0.2, 0.25) is 5.02 Å². The van der Waals surface area contributed by atoms with Crippen LogP contribution in [0.3, 0.4) is 0 Å². The second-order valence-corrected chi connectivity index (χ2v) is 11.6. The number of nitrogens with zero attached hydrogens (tertiary/aromatic N) is 2. The molecule has 0 spiro atoms. The SMILES string of the molecule is CCOC(=O)c1[nH]c2c(-c3c(COCCC(F)(F)CO)nn(C)c3CC)c(Cl)ccc2c1CCCOc1cccc2cc(F)ccc12. The maximum Gasteiger partial charge on any atom is 0.355 e. The molecule has 0 unspecified atom stereocenters. The van der Waals surface area contributed by atoms with Gasteiger partial charge in [0.15, 0.2) is 0 Å². The predicted molar refractivity (Wildman–Crippen MR) is 175 cm³/mol. The number of aryl methyl sites for hydroxylation is 2. The normalized spacial score (nSPS) is 11.9. The van der Waals surface area contributed by atoms with Crippen LogP contribution >= 0.6 is 11.6 Å². The molecule has 12 heteroatoms. The fourth-order valence-electron chi connectivity index (χ4n) is 5.84. The van der Waals surface area contributed by atoms with E-state index in [0.29, 0.717) is 64.7 Å². The Morgan fingerprint density at radius 1 is 1.09 bits per heavy atom. The molecule has 0 aliphatic heterocycles. The molecule has 5 aromatic rings. The van der Waals surface area contributed by atoms with Gasteiger partial charge in [0, 0.05) is 41.1 Å². The van der Waals surface area contributed by atoms with Crippen molar-refractivity contribution < 1.29 is 37.3 Å². The molecule has 0 aliphatic rings. The summed E-state index contributed by atoms with van der Waals surface area (Å²) in [7, 11) is 1.79. The number of H-pyrrole nitrogens is 1. The number of aliphatic hydroxyl groups excluding tert-OH is 1. The number of hydrogen-bond donors (Lipinski definition) is 2. The van der Waals surface area contributed by atoms with Gasteiger partial charge in [0.1, 0.15) is 23.9 Å². The highest BCUT2D eigenvalue weighted by Gasteiger charge is 2.28. The zero-order valence-corrected chi connectivity index (χ0v) is 27.2. The van der Waals surface area contributed by atoms with Crippen molar-refractivity contribution in [3.63, 3.8) is 0 Å². The van der Waals surface area contributed by atoms with Crippen LogP contribution in [-0.4, -0.2) is 58.2 Å². The van der Waals surface area contributed by atoms with E-state index in [1.54, 1.807) is 30.8 Å². The van der Waals surface area contributed by atoms with E-state index in [9.17, 15) is 18.0 Å². The van der Waals surface area contributed by atoms with Gasteiger partial charge in [0.25, 0.3) is 5.92 Å². The Kier molecular flexibility index (Phi) is 10.8. The van der Waals surface area contributed by atoms with Crippen molar-refractivity contribution in [3.05, 3.63) is 82.0 Å². The maximum absolute atomic E-state index is 13.7. The van der Waals surface area contributed by atoms with Crippen LogP contribution in [-0.2, 0) is 36.0 Å². The lowest BCUT2D eigenvalue weighted by Gasteiger charge is -2.13. The third-order valence-corrected chi connectivity index (χ3v) is 8.36. The molecule has 0 bridgehead atoms. The number of benzene rings is 3. The molecule has 8 nitrogen and oxygen atoms in total. The molecule has 0 fully saturated rings. The molecule has 0 saturated heterocycles. The number of ether oxygens (including phenoxy) is 3. The van der Waals surface area contributed by atoms with Crippen LogP contribution in [0.15, 0.2) is 48.5 Å². The van der Waals surface area contributed by atoms with Gasteiger partial charge in [-0.05, 0) is 67.5 Å². The summed E-state index contributed by atoms with van der Waals surface area (Å²) in [5, 5.41) is 16.2. The van der Waals surface area contributed by atoms with Gasteiger partial charge in [-0.3, -0.25) is 4.68 Å². The first-order valence-corrected chi connectivity index (χ1v) is 15.9. The second-order valence-electron chi connectivity index (χ2n) is 11.2. The highest BCUT2D eigenvalue weighted by molar-refractivity contribution is 6.35. The number of nitrogens with one attached hydrogen (secondary N) is 1. The summed E-state index contributed by atoms with van der Waals surface area (Å²) in [4.78, 5) is 16.5. The number of fused-ring (bicyclic) bond motifs is 2. The number of esters is 1. The van der Waals surface area contributed by atoms with E-state index in [1.165, 1.54) is 12.1 Å². The molecular weight excluding hydrogens is 635 g/mol. The number of aromatic nitrogens is 3. The summed E-state index contributed by atoms with van der Waals surface area (Å²) >= 11 is 6.86. The highest BCUT2D eigenvalue weighted by atomic mass is 35.5. The van der Waals surface area contributed by atoms with Gasteiger partial charge in [-0.1, -0.05) is 36.7 Å². The predicted octanol–water partition coefficient (Wildman–Crippen LogP) is 7.80. The Bertz CT molecular complexity index is 1890. The van der Waals surface area contributed by atoms with Crippen LogP contribution in [0.25, 0.3) is 32.8 Å². The highest BCUT2D eigenvalue weighted by Crippen LogP contribution is 2.41.